The number of aryl methyl sites for hydroxylation is 1. The second-order valence-electron chi connectivity index (χ2n) is 5.82. The molecule has 128 valence electrons. The van der Waals surface area contributed by atoms with Crippen LogP contribution in [0.5, 0.6) is 5.75 Å². The average molecular weight is 349 g/mol. The summed E-state index contributed by atoms with van der Waals surface area (Å²) in [5.41, 5.74) is 0.730. The molecule has 7 heteroatoms. The number of nitrogens with zero attached hydrogens (tertiary/aromatic N) is 2. The van der Waals surface area contributed by atoms with E-state index in [1.165, 1.54) is 23.5 Å². The van der Waals surface area contributed by atoms with Crippen LogP contribution in [0, 0.1) is 12.7 Å². The number of halogens is 1. The lowest BCUT2D eigenvalue weighted by Gasteiger charge is -2.33. The maximum Gasteiger partial charge on any atom is 0.266 e. The van der Waals surface area contributed by atoms with Crippen LogP contribution in [0.1, 0.15) is 27.3 Å². The third-order valence-electron chi connectivity index (χ3n) is 3.97. The molecule has 0 unspecified atom stereocenters. The van der Waals surface area contributed by atoms with Crippen LogP contribution < -0.4 is 10.1 Å². The Balaban J connectivity index is 1.68. The molecule has 0 saturated carbocycles. The van der Waals surface area contributed by atoms with E-state index in [2.05, 4.69) is 10.3 Å². The Morgan fingerprint density at radius 1 is 1.46 bits per heavy atom. The molecule has 0 bridgehead atoms. The molecule has 24 heavy (non-hydrogen) atoms. The van der Waals surface area contributed by atoms with Crippen LogP contribution in [0.25, 0.3) is 0 Å². The van der Waals surface area contributed by atoms with Crippen LogP contribution in [-0.2, 0) is 6.61 Å². The Hall–Kier alpha value is -1.99. The normalized spacial score (nSPS) is 17.8. The number of benzene rings is 1. The molecule has 2 heterocycles. The van der Waals surface area contributed by atoms with Crippen LogP contribution in [0.4, 0.5) is 4.39 Å². The summed E-state index contributed by atoms with van der Waals surface area (Å²) in [5.74, 6) is 0.311. The molecular weight excluding hydrogens is 329 g/mol. The predicted octanol–water partition coefficient (Wildman–Crippen LogP) is 2.60. The first-order valence-corrected chi connectivity index (χ1v) is 8.72. The number of thiazole rings is 1. The number of piperazine rings is 1. The Morgan fingerprint density at radius 2 is 2.21 bits per heavy atom. The molecule has 1 amide bonds. The highest BCUT2D eigenvalue weighted by Crippen LogP contribution is 2.23. The van der Waals surface area contributed by atoms with Crippen molar-refractivity contribution in [1.82, 2.24) is 15.2 Å². The van der Waals surface area contributed by atoms with E-state index in [0.717, 1.165) is 23.8 Å². The van der Waals surface area contributed by atoms with Crippen molar-refractivity contribution in [3.8, 4) is 5.75 Å². The number of ether oxygens (including phenoxy) is 1. The topological polar surface area (TPSA) is 54.5 Å². The van der Waals surface area contributed by atoms with Crippen LogP contribution in [-0.4, -0.2) is 41.5 Å². The van der Waals surface area contributed by atoms with Crippen molar-refractivity contribution in [2.24, 2.45) is 0 Å². The molecule has 1 aromatic carbocycles. The van der Waals surface area contributed by atoms with Crippen molar-refractivity contribution in [3.63, 3.8) is 0 Å². The number of hydrogen-bond donors (Lipinski definition) is 1. The van der Waals surface area contributed by atoms with Gasteiger partial charge in [-0.15, -0.1) is 11.3 Å². The SMILES string of the molecule is Cc1nc(COc2ccc(F)cc2)sc1C(=O)N1CCNC[C@H]1C. The van der Waals surface area contributed by atoms with Gasteiger partial charge in [-0.05, 0) is 38.1 Å². The summed E-state index contributed by atoms with van der Waals surface area (Å²) in [6.07, 6.45) is 0. The molecule has 0 aliphatic carbocycles. The first-order valence-electron chi connectivity index (χ1n) is 7.91. The number of nitrogens with one attached hydrogen (secondary N) is 1. The van der Waals surface area contributed by atoms with Crippen molar-refractivity contribution in [1.29, 1.82) is 0 Å². The standard InChI is InChI=1S/C17H20FN3O2S/c1-11-9-19-7-8-21(11)17(22)16-12(2)20-15(24-16)10-23-14-5-3-13(18)4-6-14/h3-6,11,19H,7-10H2,1-2H3/t11-/m1/s1. The van der Waals surface area contributed by atoms with Gasteiger partial charge in [0.2, 0.25) is 0 Å². The summed E-state index contributed by atoms with van der Waals surface area (Å²) in [4.78, 5) is 19.7. The fraction of sp³-hybridized carbons (Fsp3) is 0.412. The van der Waals surface area contributed by atoms with E-state index in [1.807, 2.05) is 18.7 Å². The molecule has 3 rings (SSSR count). The van der Waals surface area contributed by atoms with Crippen molar-refractivity contribution < 1.29 is 13.9 Å². The summed E-state index contributed by atoms with van der Waals surface area (Å²) in [6, 6.07) is 6.02. The van der Waals surface area contributed by atoms with Gasteiger partial charge >= 0.3 is 0 Å². The fourth-order valence-electron chi connectivity index (χ4n) is 2.66. The third-order valence-corrected chi connectivity index (χ3v) is 5.09. The first-order chi connectivity index (χ1) is 11.5. The largest absolute Gasteiger partial charge is 0.486 e. The lowest BCUT2D eigenvalue weighted by molar-refractivity contribution is 0.0660. The number of hydrogen-bond acceptors (Lipinski definition) is 5. The Labute approximate surface area is 144 Å². The van der Waals surface area contributed by atoms with Crippen LogP contribution in [0.2, 0.25) is 0 Å². The Morgan fingerprint density at radius 3 is 2.92 bits per heavy atom. The van der Waals surface area contributed by atoms with Crippen molar-refractivity contribution in [2.45, 2.75) is 26.5 Å². The zero-order chi connectivity index (χ0) is 17.1. The van der Waals surface area contributed by atoms with Crippen molar-refractivity contribution in [3.05, 3.63) is 45.7 Å². The van der Waals surface area contributed by atoms with E-state index in [0.29, 0.717) is 17.2 Å². The second kappa shape index (κ2) is 7.27. The van der Waals surface area contributed by atoms with Crippen LogP contribution in [0.15, 0.2) is 24.3 Å². The Bertz CT molecular complexity index is 717. The monoisotopic (exact) mass is 349 g/mol. The zero-order valence-electron chi connectivity index (χ0n) is 13.7. The molecule has 5 nitrogen and oxygen atoms in total. The second-order valence-corrected chi connectivity index (χ2v) is 6.90. The summed E-state index contributed by atoms with van der Waals surface area (Å²) in [7, 11) is 0. The molecular formula is C17H20FN3O2S. The quantitative estimate of drug-likeness (QED) is 0.922. The highest BCUT2D eigenvalue weighted by atomic mass is 32.1. The van der Waals surface area contributed by atoms with Gasteiger partial charge in [0.1, 0.15) is 28.1 Å². The molecule has 1 aliphatic heterocycles. The van der Waals surface area contributed by atoms with Gasteiger partial charge in [0.15, 0.2) is 0 Å². The molecule has 1 atom stereocenters. The van der Waals surface area contributed by atoms with Gasteiger partial charge in [-0.3, -0.25) is 4.79 Å². The van der Waals surface area contributed by atoms with Crippen LogP contribution >= 0.6 is 11.3 Å². The van der Waals surface area contributed by atoms with Gasteiger partial charge in [-0.2, -0.15) is 0 Å². The number of aromatic nitrogens is 1. The molecule has 0 radical (unpaired) electrons. The van der Waals surface area contributed by atoms with E-state index in [1.54, 1.807) is 12.1 Å². The van der Waals surface area contributed by atoms with Gasteiger partial charge in [-0.25, -0.2) is 9.37 Å². The molecule has 2 aromatic rings. The summed E-state index contributed by atoms with van der Waals surface area (Å²) in [5, 5.41) is 4.02. The average Bonchev–Trinajstić information content (AvgIpc) is 2.95. The fourth-order valence-corrected chi connectivity index (χ4v) is 3.60. The van der Waals surface area contributed by atoms with Gasteiger partial charge < -0.3 is 15.0 Å². The number of rotatable bonds is 4. The molecule has 1 aliphatic rings. The zero-order valence-corrected chi connectivity index (χ0v) is 14.5. The third kappa shape index (κ3) is 3.73. The minimum atomic E-state index is -0.300. The predicted molar refractivity (Wildman–Crippen MR) is 91.0 cm³/mol. The lowest BCUT2D eigenvalue weighted by Crippen LogP contribution is -2.52. The maximum absolute atomic E-state index is 12.9. The van der Waals surface area contributed by atoms with E-state index in [4.69, 9.17) is 4.74 Å². The summed E-state index contributed by atoms with van der Waals surface area (Å²) >= 11 is 1.36. The first kappa shape index (κ1) is 16.9. The smallest absolute Gasteiger partial charge is 0.266 e. The lowest BCUT2D eigenvalue weighted by atomic mass is 10.2. The van der Waals surface area contributed by atoms with E-state index >= 15 is 0 Å². The van der Waals surface area contributed by atoms with Crippen molar-refractivity contribution in [2.75, 3.05) is 19.6 Å². The molecule has 0 spiro atoms. The minimum Gasteiger partial charge on any atom is -0.486 e. The van der Waals surface area contributed by atoms with E-state index in [-0.39, 0.29) is 24.4 Å². The molecule has 1 N–H and O–H groups in total. The molecule has 1 saturated heterocycles. The van der Waals surface area contributed by atoms with Gasteiger partial charge in [0.05, 0.1) is 5.69 Å². The van der Waals surface area contributed by atoms with Crippen molar-refractivity contribution >= 4 is 17.2 Å². The highest BCUT2D eigenvalue weighted by molar-refractivity contribution is 7.13. The van der Waals surface area contributed by atoms with Gasteiger partial charge in [-0.1, -0.05) is 0 Å². The van der Waals surface area contributed by atoms with Crippen LogP contribution in [0.3, 0.4) is 0 Å². The van der Waals surface area contributed by atoms with Gasteiger partial charge in [0.25, 0.3) is 5.91 Å². The summed E-state index contributed by atoms with van der Waals surface area (Å²) in [6.45, 7) is 6.48. The van der Waals surface area contributed by atoms with E-state index in [9.17, 15) is 9.18 Å². The molecule has 1 aromatic heterocycles. The highest BCUT2D eigenvalue weighted by Gasteiger charge is 2.27. The number of carbonyl (C=O) groups excluding carboxylic acids is 1. The maximum atomic E-state index is 12.9. The number of carbonyl (C=O) groups is 1. The van der Waals surface area contributed by atoms with Gasteiger partial charge in [0, 0.05) is 25.7 Å². The Kier molecular flexibility index (Phi) is 5.11. The summed E-state index contributed by atoms with van der Waals surface area (Å²) < 4.78 is 18.5. The molecule has 1 fully saturated rings. The minimum absolute atomic E-state index is 0.0343. The van der Waals surface area contributed by atoms with E-state index < -0.39 is 0 Å². The number of amides is 1.